The Kier molecular flexibility index (Phi) is 8.14. The lowest BCUT2D eigenvalue weighted by Gasteiger charge is -2.42. The van der Waals surface area contributed by atoms with Crippen LogP contribution >= 0.6 is 11.8 Å². The average Bonchev–Trinajstić information content (AvgIpc) is 3.18. The van der Waals surface area contributed by atoms with Crippen LogP contribution in [0.3, 0.4) is 0 Å². The Hall–Kier alpha value is -0.720. The summed E-state index contributed by atoms with van der Waals surface area (Å²) in [6.45, 7) is 8.75. The smallest absolute Gasteiger partial charge is 0.191 e. The molecule has 2 N–H and O–H groups in total. The summed E-state index contributed by atoms with van der Waals surface area (Å²) in [5, 5.41) is 6.99. The highest BCUT2D eigenvalue weighted by molar-refractivity contribution is 7.99. The van der Waals surface area contributed by atoms with E-state index in [0.717, 1.165) is 58.3 Å². The predicted molar refractivity (Wildman–Crippen MR) is 112 cm³/mol. The molecule has 2 fully saturated rings. The Morgan fingerprint density at radius 2 is 2.19 bits per heavy atom. The average molecular weight is 381 g/mol. The molecule has 3 rings (SSSR count). The van der Waals surface area contributed by atoms with Crippen molar-refractivity contribution in [1.82, 2.24) is 15.5 Å². The van der Waals surface area contributed by atoms with Gasteiger partial charge in [-0.05, 0) is 51.2 Å². The van der Waals surface area contributed by atoms with Crippen molar-refractivity contribution in [3.8, 4) is 0 Å². The monoisotopic (exact) mass is 380 g/mol. The summed E-state index contributed by atoms with van der Waals surface area (Å²) in [7, 11) is 0. The molecular formula is C20H36N4OS. The Morgan fingerprint density at radius 1 is 1.31 bits per heavy atom. The number of thioether (sulfide) groups is 1. The maximum Gasteiger partial charge on any atom is 0.191 e. The van der Waals surface area contributed by atoms with Gasteiger partial charge in [-0.3, -0.25) is 9.89 Å². The molecule has 0 aromatic carbocycles. The summed E-state index contributed by atoms with van der Waals surface area (Å²) in [6, 6.07) is 0. The highest BCUT2D eigenvalue weighted by Crippen LogP contribution is 2.34. The van der Waals surface area contributed by atoms with Crippen LogP contribution < -0.4 is 10.6 Å². The third-order valence-corrected chi connectivity index (χ3v) is 7.00. The Morgan fingerprint density at radius 3 is 2.88 bits per heavy atom. The van der Waals surface area contributed by atoms with Gasteiger partial charge in [-0.2, -0.15) is 11.8 Å². The molecule has 0 aromatic rings. The number of ether oxygens (including phenoxy) is 1. The minimum atomic E-state index is 0.225. The van der Waals surface area contributed by atoms with Crippen molar-refractivity contribution in [2.24, 2.45) is 4.99 Å². The van der Waals surface area contributed by atoms with Crippen LogP contribution in [0, 0.1) is 0 Å². The van der Waals surface area contributed by atoms with E-state index in [4.69, 9.17) is 9.73 Å². The van der Waals surface area contributed by atoms with Crippen LogP contribution in [0.25, 0.3) is 0 Å². The van der Waals surface area contributed by atoms with E-state index in [2.05, 4.69) is 40.3 Å². The van der Waals surface area contributed by atoms with Crippen LogP contribution in [0.2, 0.25) is 0 Å². The number of hydrogen-bond donors (Lipinski definition) is 2. The molecule has 1 atom stereocenters. The van der Waals surface area contributed by atoms with Crippen LogP contribution in [0.15, 0.2) is 16.6 Å². The van der Waals surface area contributed by atoms with Crippen LogP contribution in [-0.4, -0.2) is 73.8 Å². The zero-order chi connectivity index (χ0) is 18.1. The van der Waals surface area contributed by atoms with Gasteiger partial charge in [-0.25, -0.2) is 0 Å². The first-order chi connectivity index (χ1) is 12.8. The summed E-state index contributed by atoms with van der Waals surface area (Å²) in [6.07, 6.45) is 10.1. The number of aliphatic imine (C=N–C) groups is 1. The van der Waals surface area contributed by atoms with Crippen LogP contribution in [0.4, 0.5) is 0 Å². The van der Waals surface area contributed by atoms with Crippen molar-refractivity contribution in [3.05, 3.63) is 11.6 Å². The topological polar surface area (TPSA) is 48.9 Å². The highest BCUT2D eigenvalue weighted by Gasteiger charge is 2.40. The molecule has 0 spiro atoms. The van der Waals surface area contributed by atoms with Gasteiger partial charge in [-0.1, -0.05) is 11.6 Å². The molecule has 2 saturated heterocycles. The van der Waals surface area contributed by atoms with Crippen molar-refractivity contribution in [2.75, 3.05) is 57.4 Å². The Labute approximate surface area is 163 Å². The van der Waals surface area contributed by atoms with Crippen LogP contribution in [0.5, 0.6) is 0 Å². The number of morpholine rings is 1. The molecule has 2 heterocycles. The maximum atomic E-state index is 5.56. The van der Waals surface area contributed by atoms with E-state index in [1.807, 2.05) is 0 Å². The van der Waals surface area contributed by atoms with Gasteiger partial charge in [0.1, 0.15) is 0 Å². The van der Waals surface area contributed by atoms with Crippen LogP contribution in [0.1, 0.15) is 45.4 Å². The van der Waals surface area contributed by atoms with E-state index in [1.54, 1.807) is 5.57 Å². The van der Waals surface area contributed by atoms with Gasteiger partial charge in [0, 0.05) is 31.9 Å². The van der Waals surface area contributed by atoms with Crippen molar-refractivity contribution in [1.29, 1.82) is 0 Å². The summed E-state index contributed by atoms with van der Waals surface area (Å²) in [5.41, 5.74) is 1.85. The molecule has 2 aliphatic heterocycles. The first-order valence-corrected chi connectivity index (χ1v) is 11.6. The number of hydrogen-bond acceptors (Lipinski definition) is 4. The fourth-order valence-electron chi connectivity index (χ4n) is 4.15. The number of allylic oxidation sites excluding steroid dienone is 1. The van der Waals surface area contributed by atoms with E-state index >= 15 is 0 Å². The van der Waals surface area contributed by atoms with Gasteiger partial charge >= 0.3 is 0 Å². The lowest BCUT2D eigenvalue weighted by molar-refractivity contribution is -0.0104. The molecule has 26 heavy (non-hydrogen) atoms. The molecule has 0 saturated carbocycles. The second-order valence-corrected chi connectivity index (χ2v) is 8.71. The van der Waals surface area contributed by atoms with Gasteiger partial charge in [0.2, 0.25) is 0 Å². The number of guanidine groups is 1. The van der Waals surface area contributed by atoms with Gasteiger partial charge in [0.15, 0.2) is 5.96 Å². The Bertz CT molecular complexity index is 482. The molecule has 148 valence electrons. The van der Waals surface area contributed by atoms with E-state index < -0.39 is 0 Å². The SMILES string of the molecule is CCNC(=NCC1(N2CCOCC2)CCSC1)NCCC1=CCCCC1. The molecule has 5 nitrogen and oxygen atoms in total. The highest BCUT2D eigenvalue weighted by atomic mass is 32.2. The normalized spacial score (nSPS) is 28.0. The first-order valence-electron chi connectivity index (χ1n) is 10.4. The molecule has 0 radical (unpaired) electrons. The van der Waals surface area contributed by atoms with E-state index in [9.17, 15) is 0 Å². The number of rotatable bonds is 7. The largest absolute Gasteiger partial charge is 0.379 e. The van der Waals surface area contributed by atoms with Crippen molar-refractivity contribution >= 4 is 17.7 Å². The van der Waals surface area contributed by atoms with Crippen molar-refractivity contribution < 1.29 is 4.74 Å². The number of nitrogens with zero attached hydrogens (tertiary/aromatic N) is 2. The molecule has 1 aliphatic carbocycles. The summed E-state index contributed by atoms with van der Waals surface area (Å²) < 4.78 is 5.56. The van der Waals surface area contributed by atoms with Gasteiger partial charge < -0.3 is 15.4 Å². The summed E-state index contributed by atoms with van der Waals surface area (Å²) in [4.78, 5) is 7.64. The van der Waals surface area contributed by atoms with Crippen molar-refractivity contribution in [2.45, 2.75) is 51.0 Å². The van der Waals surface area contributed by atoms with Crippen molar-refractivity contribution in [3.63, 3.8) is 0 Å². The van der Waals surface area contributed by atoms with Gasteiger partial charge in [0.25, 0.3) is 0 Å². The minimum Gasteiger partial charge on any atom is -0.379 e. The molecule has 3 aliphatic rings. The lowest BCUT2D eigenvalue weighted by atomic mass is 9.96. The van der Waals surface area contributed by atoms with E-state index in [0.29, 0.717) is 0 Å². The second kappa shape index (κ2) is 10.6. The minimum absolute atomic E-state index is 0.225. The third-order valence-electron chi connectivity index (χ3n) is 5.76. The first kappa shape index (κ1) is 20.0. The molecule has 1 unspecified atom stereocenters. The molecule has 6 heteroatoms. The molecule has 0 bridgehead atoms. The number of nitrogens with one attached hydrogen (secondary N) is 2. The molecule has 0 amide bonds. The van der Waals surface area contributed by atoms with E-state index in [1.165, 1.54) is 43.6 Å². The third kappa shape index (κ3) is 5.64. The maximum absolute atomic E-state index is 5.56. The quantitative estimate of drug-likeness (QED) is 0.404. The zero-order valence-electron chi connectivity index (χ0n) is 16.4. The zero-order valence-corrected chi connectivity index (χ0v) is 17.2. The fraction of sp³-hybridized carbons (Fsp3) is 0.850. The predicted octanol–water partition coefficient (Wildman–Crippen LogP) is 2.64. The fourth-order valence-corrected chi connectivity index (χ4v) is 5.62. The van der Waals surface area contributed by atoms with Crippen LogP contribution in [-0.2, 0) is 4.74 Å². The molecule has 0 aromatic heterocycles. The lowest BCUT2D eigenvalue weighted by Crippen LogP contribution is -2.56. The standard InChI is InChI=1S/C20H36N4OS/c1-2-21-19(22-10-8-18-6-4-3-5-7-18)23-16-20(9-15-26-17-20)24-11-13-25-14-12-24/h6H,2-5,7-17H2,1H3,(H2,21,22,23). The summed E-state index contributed by atoms with van der Waals surface area (Å²) in [5.74, 6) is 3.43. The van der Waals surface area contributed by atoms with Gasteiger partial charge in [0.05, 0.1) is 25.3 Å². The summed E-state index contributed by atoms with van der Waals surface area (Å²) >= 11 is 2.08. The molecular weight excluding hydrogens is 344 g/mol. The second-order valence-electron chi connectivity index (χ2n) is 7.61. The van der Waals surface area contributed by atoms with E-state index in [-0.39, 0.29) is 5.54 Å². The van der Waals surface area contributed by atoms with Gasteiger partial charge in [-0.15, -0.1) is 0 Å². The Balaban J connectivity index is 1.55.